The molecule has 1 atom stereocenters. The van der Waals surface area contributed by atoms with Gasteiger partial charge in [-0.2, -0.15) is 0 Å². The zero-order valence-corrected chi connectivity index (χ0v) is 9.40. The predicted octanol–water partition coefficient (Wildman–Crippen LogP) is 2.37. The van der Waals surface area contributed by atoms with Gasteiger partial charge in [-0.1, -0.05) is 20.8 Å². The third kappa shape index (κ3) is 8.26. The number of alkyl halides is 1. The van der Waals surface area contributed by atoms with Crippen molar-refractivity contribution in [3.05, 3.63) is 0 Å². The van der Waals surface area contributed by atoms with E-state index in [0.717, 1.165) is 6.42 Å². The van der Waals surface area contributed by atoms with Crippen LogP contribution in [0.4, 0.5) is 0 Å². The zero-order chi connectivity index (χ0) is 10.5. The van der Waals surface area contributed by atoms with Gasteiger partial charge in [0.05, 0.1) is 6.10 Å². The maximum atomic E-state index is 11.2. The van der Waals surface area contributed by atoms with E-state index in [1.165, 1.54) is 0 Å². The molecule has 0 rings (SSSR count). The molecule has 0 saturated heterocycles. The molecule has 0 bridgehead atoms. The number of hydrogen-bond acceptors (Lipinski definition) is 2. The summed E-state index contributed by atoms with van der Waals surface area (Å²) in [6, 6.07) is 0. The van der Waals surface area contributed by atoms with Crippen LogP contribution < -0.4 is 0 Å². The third-order valence-electron chi connectivity index (χ3n) is 1.80. The average Bonchev–Trinajstić information content (AvgIpc) is 1.99. The molecule has 3 heteroatoms. The Hall–Kier alpha value is -0.0800. The minimum atomic E-state index is -0.672. The molecule has 0 amide bonds. The minimum Gasteiger partial charge on any atom is -0.391 e. The van der Waals surface area contributed by atoms with E-state index in [0.29, 0.717) is 6.42 Å². The van der Waals surface area contributed by atoms with Crippen LogP contribution in [0.15, 0.2) is 0 Å². The van der Waals surface area contributed by atoms with Crippen LogP contribution in [-0.4, -0.2) is 22.9 Å². The Balaban J connectivity index is 3.64. The summed E-state index contributed by atoms with van der Waals surface area (Å²) in [5.74, 6) is 0.240. The highest BCUT2D eigenvalue weighted by molar-refractivity contribution is 6.18. The lowest BCUT2D eigenvalue weighted by Gasteiger charge is -2.17. The highest BCUT2D eigenvalue weighted by atomic mass is 35.5. The summed E-state index contributed by atoms with van der Waals surface area (Å²) in [4.78, 5) is 11.2. The van der Waals surface area contributed by atoms with Crippen molar-refractivity contribution in [3.63, 3.8) is 0 Å². The highest BCUT2D eigenvalue weighted by Gasteiger charge is 2.14. The van der Waals surface area contributed by atoms with Gasteiger partial charge in [-0.3, -0.25) is 4.79 Å². The van der Waals surface area contributed by atoms with Crippen molar-refractivity contribution in [2.75, 3.05) is 5.88 Å². The maximum absolute atomic E-state index is 11.2. The molecule has 0 aliphatic heterocycles. The Bertz CT molecular complexity index is 161. The number of carbonyl (C=O) groups is 1. The van der Waals surface area contributed by atoms with Crippen LogP contribution in [0.3, 0.4) is 0 Å². The van der Waals surface area contributed by atoms with Gasteiger partial charge >= 0.3 is 0 Å². The van der Waals surface area contributed by atoms with Gasteiger partial charge in [-0.05, 0) is 11.8 Å². The van der Waals surface area contributed by atoms with Crippen LogP contribution in [0, 0.1) is 5.41 Å². The summed E-state index contributed by atoms with van der Waals surface area (Å²) in [6.07, 6.45) is 0.923. The van der Waals surface area contributed by atoms with Crippen molar-refractivity contribution in [2.24, 2.45) is 5.41 Å². The Morgan fingerprint density at radius 2 is 2.00 bits per heavy atom. The molecule has 0 aromatic rings. The van der Waals surface area contributed by atoms with Crippen LogP contribution in [0.2, 0.25) is 0 Å². The molecule has 0 saturated carbocycles. The van der Waals surface area contributed by atoms with E-state index in [2.05, 4.69) is 20.8 Å². The van der Waals surface area contributed by atoms with Crippen molar-refractivity contribution in [1.29, 1.82) is 0 Å². The number of hydrogen-bond donors (Lipinski definition) is 1. The molecule has 78 valence electrons. The number of halogens is 1. The van der Waals surface area contributed by atoms with Gasteiger partial charge in [0.2, 0.25) is 0 Å². The first-order chi connectivity index (χ1) is 5.85. The zero-order valence-electron chi connectivity index (χ0n) is 8.64. The minimum absolute atomic E-state index is 0.100. The van der Waals surface area contributed by atoms with E-state index in [1.807, 2.05) is 0 Å². The molecule has 1 N–H and O–H groups in total. The van der Waals surface area contributed by atoms with Crippen LogP contribution in [0.25, 0.3) is 0 Å². The van der Waals surface area contributed by atoms with Gasteiger partial charge in [-0.25, -0.2) is 0 Å². The number of aliphatic hydroxyl groups excluding tert-OH is 1. The predicted molar refractivity (Wildman–Crippen MR) is 55.0 cm³/mol. The van der Waals surface area contributed by atoms with Gasteiger partial charge < -0.3 is 5.11 Å². The summed E-state index contributed by atoms with van der Waals surface area (Å²) in [5, 5.41) is 9.10. The lowest BCUT2D eigenvalue weighted by molar-refractivity contribution is -0.121. The van der Waals surface area contributed by atoms with E-state index in [-0.39, 0.29) is 23.5 Å². The standard InChI is InChI=1S/C10H19ClO2/c1-10(2,3)5-4-8(12)6-9(13)7-11/h9,13H,4-7H2,1-3H3/t9-/m0/s1. The Morgan fingerprint density at radius 1 is 1.46 bits per heavy atom. The van der Waals surface area contributed by atoms with Gasteiger partial charge in [0, 0.05) is 18.7 Å². The second-order valence-corrected chi connectivity index (χ2v) is 4.92. The van der Waals surface area contributed by atoms with Crippen molar-refractivity contribution < 1.29 is 9.90 Å². The van der Waals surface area contributed by atoms with Gasteiger partial charge in [0.25, 0.3) is 0 Å². The fourth-order valence-electron chi connectivity index (χ4n) is 0.934. The topological polar surface area (TPSA) is 37.3 Å². The molecule has 0 heterocycles. The fraction of sp³-hybridized carbons (Fsp3) is 0.900. The molecule has 2 nitrogen and oxygen atoms in total. The SMILES string of the molecule is CC(C)(C)CCC(=O)C[C@H](O)CCl. The molecule has 13 heavy (non-hydrogen) atoms. The first-order valence-electron chi connectivity index (χ1n) is 4.61. The van der Waals surface area contributed by atoms with Gasteiger partial charge in [0.1, 0.15) is 5.78 Å². The van der Waals surface area contributed by atoms with E-state index < -0.39 is 6.10 Å². The normalized spacial score (nSPS) is 14.2. The number of rotatable bonds is 5. The second kappa shape index (κ2) is 5.61. The molecule has 0 fully saturated rings. The highest BCUT2D eigenvalue weighted by Crippen LogP contribution is 2.21. The number of ketones is 1. The largest absolute Gasteiger partial charge is 0.391 e. The quantitative estimate of drug-likeness (QED) is 0.702. The van der Waals surface area contributed by atoms with Crippen molar-refractivity contribution in [1.82, 2.24) is 0 Å². The average molecular weight is 207 g/mol. The van der Waals surface area contributed by atoms with Crippen LogP contribution in [0.1, 0.15) is 40.0 Å². The fourth-order valence-corrected chi connectivity index (χ4v) is 1.04. The van der Waals surface area contributed by atoms with Crippen LogP contribution in [0.5, 0.6) is 0 Å². The molecule has 0 aliphatic carbocycles. The lowest BCUT2D eigenvalue weighted by Crippen LogP contribution is -2.16. The summed E-state index contributed by atoms with van der Waals surface area (Å²) < 4.78 is 0. The van der Waals surface area contributed by atoms with Crippen LogP contribution in [-0.2, 0) is 4.79 Å². The van der Waals surface area contributed by atoms with Gasteiger partial charge in [0.15, 0.2) is 0 Å². The molecule has 0 spiro atoms. The Morgan fingerprint density at radius 3 is 2.38 bits per heavy atom. The summed E-state index contributed by atoms with van der Waals surface area (Å²) >= 11 is 5.38. The molecule has 0 radical (unpaired) electrons. The Labute approximate surface area is 85.3 Å². The summed E-state index contributed by atoms with van der Waals surface area (Å²) in [7, 11) is 0. The van der Waals surface area contributed by atoms with Crippen LogP contribution >= 0.6 is 11.6 Å². The van der Waals surface area contributed by atoms with E-state index >= 15 is 0 Å². The number of Topliss-reactive ketones (excluding diaryl/α,β-unsaturated/α-hetero) is 1. The van der Waals surface area contributed by atoms with E-state index in [4.69, 9.17) is 16.7 Å². The van der Waals surface area contributed by atoms with E-state index in [1.54, 1.807) is 0 Å². The smallest absolute Gasteiger partial charge is 0.135 e. The van der Waals surface area contributed by atoms with Crippen molar-refractivity contribution in [3.8, 4) is 0 Å². The number of carbonyl (C=O) groups excluding carboxylic acids is 1. The number of aliphatic hydroxyl groups is 1. The Kier molecular flexibility index (Phi) is 5.57. The van der Waals surface area contributed by atoms with E-state index in [9.17, 15) is 4.79 Å². The first kappa shape index (κ1) is 12.9. The molecular formula is C10H19ClO2. The molecule has 0 aromatic heterocycles. The van der Waals surface area contributed by atoms with Crippen molar-refractivity contribution in [2.45, 2.75) is 46.1 Å². The van der Waals surface area contributed by atoms with Crippen molar-refractivity contribution >= 4 is 17.4 Å². The first-order valence-corrected chi connectivity index (χ1v) is 5.14. The summed E-state index contributed by atoms with van der Waals surface area (Å²) in [6.45, 7) is 6.29. The summed E-state index contributed by atoms with van der Waals surface area (Å²) in [5.41, 5.74) is 0.182. The monoisotopic (exact) mass is 206 g/mol. The molecule has 0 aliphatic rings. The molecule has 0 aromatic carbocycles. The third-order valence-corrected chi connectivity index (χ3v) is 2.15. The maximum Gasteiger partial charge on any atom is 0.135 e. The van der Waals surface area contributed by atoms with Gasteiger partial charge in [-0.15, -0.1) is 11.6 Å². The molecule has 0 unspecified atom stereocenters. The molecular weight excluding hydrogens is 188 g/mol. The second-order valence-electron chi connectivity index (χ2n) is 4.61. The lowest BCUT2D eigenvalue weighted by atomic mass is 9.89.